The average molecular weight is 578 g/mol. The maximum atomic E-state index is 14.3. The van der Waals surface area contributed by atoms with Crippen molar-refractivity contribution in [1.82, 2.24) is 10.2 Å². The van der Waals surface area contributed by atoms with Crippen LogP contribution in [-0.2, 0) is 25.7 Å². The summed E-state index contributed by atoms with van der Waals surface area (Å²) in [4.78, 5) is 43.7. The maximum absolute atomic E-state index is 14.3. The van der Waals surface area contributed by atoms with Crippen LogP contribution in [0, 0.1) is 23.7 Å². The van der Waals surface area contributed by atoms with E-state index in [-0.39, 0.29) is 30.3 Å². The molecule has 9 heteroatoms. The molecule has 3 aliphatic heterocycles. The van der Waals surface area contributed by atoms with Crippen LogP contribution in [0.25, 0.3) is 0 Å². The summed E-state index contributed by atoms with van der Waals surface area (Å²) in [7, 11) is 1.60. The fraction of sp³-hybridized carbons (Fsp3) is 0.469. The highest BCUT2D eigenvalue weighted by molar-refractivity contribution is 6.30. The van der Waals surface area contributed by atoms with E-state index in [9.17, 15) is 14.4 Å². The van der Waals surface area contributed by atoms with E-state index >= 15 is 0 Å². The number of amides is 3. The fourth-order valence-electron chi connectivity index (χ4n) is 7.20. The van der Waals surface area contributed by atoms with Crippen LogP contribution in [-0.4, -0.2) is 53.5 Å². The molecule has 0 radical (unpaired) electrons. The first-order chi connectivity index (χ1) is 19.7. The van der Waals surface area contributed by atoms with Crippen LogP contribution in [0.2, 0.25) is 5.02 Å². The van der Waals surface area contributed by atoms with Gasteiger partial charge in [-0.25, -0.2) is 0 Å². The van der Waals surface area contributed by atoms with Crippen molar-refractivity contribution in [3.63, 3.8) is 0 Å². The zero-order valence-electron chi connectivity index (χ0n) is 23.5. The molecule has 0 aromatic heterocycles. The van der Waals surface area contributed by atoms with Crippen molar-refractivity contribution in [2.75, 3.05) is 12.4 Å². The van der Waals surface area contributed by atoms with E-state index in [1.54, 1.807) is 36.3 Å². The molecule has 2 saturated heterocycles. The molecular weight excluding hydrogens is 542 g/mol. The molecule has 2 aromatic carbocycles. The Morgan fingerprint density at radius 2 is 1.90 bits per heavy atom. The summed E-state index contributed by atoms with van der Waals surface area (Å²) in [6.45, 7) is 4.61. The van der Waals surface area contributed by atoms with Crippen LogP contribution in [0.1, 0.15) is 38.7 Å². The van der Waals surface area contributed by atoms with Crippen molar-refractivity contribution in [1.29, 1.82) is 0 Å². The summed E-state index contributed by atoms with van der Waals surface area (Å²) in [5, 5.41) is 6.70. The quantitative estimate of drug-likeness (QED) is 0.470. The zero-order valence-corrected chi connectivity index (χ0v) is 24.3. The second kappa shape index (κ2) is 10.8. The van der Waals surface area contributed by atoms with E-state index in [1.807, 2.05) is 36.4 Å². The number of methoxy groups -OCH3 is 1. The molecule has 4 aliphatic rings. The minimum atomic E-state index is -1.22. The molecule has 8 nitrogen and oxygen atoms in total. The summed E-state index contributed by atoms with van der Waals surface area (Å²) >= 11 is 6.13. The molecular formula is C32H36ClN3O5. The van der Waals surface area contributed by atoms with E-state index < -0.39 is 29.6 Å². The summed E-state index contributed by atoms with van der Waals surface area (Å²) in [6.07, 6.45) is 6.16. The third-order valence-electron chi connectivity index (χ3n) is 9.56. The lowest BCUT2D eigenvalue weighted by Gasteiger charge is -2.38. The standard InChI is InChI=1S/C32H36ClN3O5/c1-18-6-4-9-24(19(18)2)35-30(38)28-32-15-14-25(41-32)26(29(37)34-22-8-5-7-21(33)16-22)27(32)31(39)36(28)17-20-10-12-23(40-3)13-11-20/h5,7-8,10-16,18-19,24-28H,4,6,9,17H2,1-3H3,(H,34,37)(H,35,38)/t18-,19-,24-,25-,26-,27-,28+,32+/m1/s1. The number of ether oxygens (including phenoxy) is 2. The molecule has 216 valence electrons. The van der Waals surface area contributed by atoms with Crippen molar-refractivity contribution < 1.29 is 23.9 Å². The minimum Gasteiger partial charge on any atom is -0.497 e. The van der Waals surface area contributed by atoms with Gasteiger partial charge < -0.3 is 25.0 Å². The topological polar surface area (TPSA) is 97.0 Å². The van der Waals surface area contributed by atoms with E-state index in [0.29, 0.717) is 28.3 Å². The smallest absolute Gasteiger partial charge is 0.246 e. The minimum absolute atomic E-state index is 0.0177. The van der Waals surface area contributed by atoms with Gasteiger partial charge in [-0.2, -0.15) is 0 Å². The number of halogens is 1. The maximum Gasteiger partial charge on any atom is 0.246 e. The summed E-state index contributed by atoms with van der Waals surface area (Å²) in [5.41, 5.74) is 0.169. The van der Waals surface area contributed by atoms with Gasteiger partial charge >= 0.3 is 0 Å². The number of likely N-dealkylation sites (tertiary alicyclic amines) is 1. The third-order valence-corrected chi connectivity index (χ3v) is 9.80. The number of hydrogen-bond donors (Lipinski definition) is 2. The molecule has 0 unspecified atom stereocenters. The van der Waals surface area contributed by atoms with E-state index in [2.05, 4.69) is 24.5 Å². The lowest BCUT2D eigenvalue weighted by Crippen LogP contribution is -2.57. The normalized spacial score (nSPS) is 33.5. The van der Waals surface area contributed by atoms with Gasteiger partial charge in [-0.15, -0.1) is 0 Å². The first-order valence-corrected chi connectivity index (χ1v) is 14.8. The van der Waals surface area contributed by atoms with Crippen molar-refractivity contribution in [2.45, 2.75) is 63.4 Å². The molecule has 1 spiro atoms. The summed E-state index contributed by atoms with van der Waals surface area (Å²) in [5.74, 6) is -0.911. The molecule has 3 amide bonds. The molecule has 1 saturated carbocycles. The fourth-order valence-corrected chi connectivity index (χ4v) is 7.39. The Kier molecular flexibility index (Phi) is 7.32. The van der Waals surface area contributed by atoms with Gasteiger partial charge in [-0.05, 0) is 54.2 Å². The van der Waals surface area contributed by atoms with Gasteiger partial charge in [0.05, 0.1) is 25.0 Å². The van der Waals surface area contributed by atoms with E-state index in [4.69, 9.17) is 21.1 Å². The molecule has 2 aromatic rings. The largest absolute Gasteiger partial charge is 0.497 e. The number of fused-ring (bicyclic) bond motifs is 1. The molecule has 3 fully saturated rings. The number of rotatable bonds is 7. The predicted octanol–water partition coefficient (Wildman–Crippen LogP) is 4.58. The highest BCUT2D eigenvalue weighted by Crippen LogP contribution is 2.55. The van der Waals surface area contributed by atoms with Crippen LogP contribution in [0.4, 0.5) is 5.69 Å². The molecule has 2 N–H and O–H groups in total. The van der Waals surface area contributed by atoms with Crippen LogP contribution >= 0.6 is 11.6 Å². The second-order valence-electron chi connectivity index (χ2n) is 11.9. The molecule has 2 bridgehead atoms. The van der Waals surface area contributed by atoms with Gasteiger partial charge in [0.15, 0.2) is 0 Å². The molecule has 1 aliphatic carbocycles. The van der Waals surface area contributed by atoms with Crippen LogP contribution in [0.5, 0.6) is 5.75 Å². The van der Waals surface area contributed by atoms with Crippen LogP contribution in [0.3, 0.4) is 0 Å². The van der Waals surface area contributed by atoms with Crippen molar-refractivity contribution in [3.05, 3.63) is 71.3 Å². The van der Waals surface area contributed by atoms with Gasteiger partial charge in [-0.3, -0.25) is 14.4 Å². The number of anilines is 1. The third kappa shape index (κ3) is 4.81. The van der Waals surface area contributed by atoms with Crippen molar-refractivity contribution >= 4 is 35.0 Å². The predicted molar refractivity (Wildman–Crippen MR) is 155 cm³/mol. The molecule has 6 rings (SSSR count). The monoisotopic (exact) mass is 577 g/mol. The highest BCUT2D eigenvalue weighted by atomic mass is 35.5. The molecule has 8 atom stereocenters. The number of carbonyl (C=O) groups is 3. The zero-order chi connectivity index (χ0) is 28.9. The summed E-state index contributed by atoms with van der Waals surface area (Å²) in [6, 6.07) is 13.4. The number of hydrogen-bond acceptors (Lipinski definition) is 5. The Balaban J connectivity index is 1.33. The number of benzene rings is 2. The van der Waals surface area contributed by atoms with Crippen LogP contribution in [0.15, 0.2) is 60.7 Å². The average Bonchev–Trinajstić information content (AvgIpc) is 3.59. The van der Waals surface area contributed by atoms with Gasteiger partial charge in [0.2, 0.25) is 17.7 Å². The Hall–Kier alpha value is -3.36. The second-order valence-corrected chi connectivity index (χ2v) is 12.3. The Bertz CT molecular complexity index is 1380. The van der Waals surface area contributed by atoms with Crippen molar-refractivity contribution in [3.8, 4) is 5.75 Å². The van der Waals surface area contributed by atoms with Gasteiger partial charge in [0.1, 0.15) is 17.4 Å². The Labute approximate surface area is 245 Å². The van der Waals surface area contributed by atoms with Gasteiger partial charge in [0.25, 0.3) is 0 Å². The first kappa shape index (κ1) is 27.8. The lowest BCUT2D eigenvalue weighted by molar-refractivity contribution is -0.142. The molecule has 41 heavy (non-hydrogen) atoms. The van der Waals surface area contributed by atoms with Crippen LogP contribution < -0.4 is 15.4 Å². The van der Waals surface area contributed by atoms with Crippen molar-refractivity contribution in [2.24, 2.45) is 23.7 Å². The Morgan fingerprint density at radius 1 is 1.12 bits per heavy atom. The van der Waals surface area contributed by atoms with E-state index in [1.165, 1.54) is 0 Å². The molecule has 3 heterocycles. The lowest BCUT2D eigenvalue weighted by atomic mass is 9.73. The summed E-state index contributed by atoms with van der Waals surface area (Å²) < 4.78 is 11.8. The van der Waals surface area contributed by atoms with Gasteiger partial charge in [0, 0.05) is 23.3 Å². The Morgan fingerprint density at radius 3 is 2.63 bits per heavy atom. The SMILES string of the molecule is COc1ccc(CN2C(=O)[C@H]3[C@H](C(=O)Nc4cccc(Cl)c4)[C@H]4C=C[C@@]3(O4)[C@@H]2C(=O)N[C@@H]2CCC[C@@H](C)[C@H]2C)cc1. The van der Waals surface area contributed by atoms with Gasteiger partial charge in [-0.1, -0.05) is 68.6 Å². The number of nitrogens with zero attached hydrogens (tertiary/aromatic N) is 1. The number of carbonyl (C=O) groups excluding carboxylic acids is 3. The first-order valence-electron chi connectivity index (χ1n) is 14.4. The van der Waals surface area contributed by atoms with E-state index in [0.717, 1.165) is 24.8 Å². The highest BCUT2D eigenvalue weighted by Gasteiger charge is 2.72. The number of nitrogens with one attached hydrogen (secondary N) is 2.